The van der Waals surface area contributed by atoms with Crippen molar-refractivity contribution < 1.29 is 0 Å². The van der Waals surface area contributed by atoms with Crippen molar-refractivity contribution in [3.05, 3.63) is 60.7 Å². The second kappa shape index (κ2) is 7.60. The highest BCUT2D eigenvalue weighted by molar-refractivity contribution is 7.99. The van der Waals surface area contributed by atoms with Crippen molar-refractivity contribution >= 4 is 22.7 Å². The van der Waals surface area contributed by atoms with E-state index in [-0.39, 0.29) is 0 Å². The van der Waals surface area contributed by atoms with Gasteiger partial charge in [-0.1, -0.05) is 60.3 Å². The van der Waals surface area contributed by atoms with Gasteiger partial charge in [-0.2, -0.15) is 5.26 Å². The van der Waals surface area contributed by atoms with Crippen LogP contribution in [-0.2, 0) is 6.54 Å². The lowest BCUT2D eigenvalue weighted by Crippen LogP contribution is -2.01. The van der Waals surface area contributed by atoms with E-state index in [0.717, 1.165) is 45.2 Å². The van der Waals surface area contributed by atoms with Gasteiger partial charge in [-0.05, 0) is 19.1 Å². The standard InChI is InChI=1S/C21H17N5S/c1-2-26-20(24-25-21(26)27-13-12-22)17-14-19(15-8-4-3-5-9-15)23-18-11-7-6-10-16(17)18/h3-11,14H,2,13H2,1H3. The first-order chi connectivity index (χ1) is 13.3. The summed E-state index contributed by atoms with van der Waals surface area (Å²) >= 11 is 1.41. The van der Waals surface area contributed by atoms with Gasteiger partial charge < -0.3 is 4.57 Å². The van der Waals surface area contributed by atoms with Crippen molar-refractivity contribution in [1.82, 2.24) is 19.7 Å². The van der Waals surface area contributed by atoms with Gasteiger partial charge in [-0.25, -0.2) is 4.98 Å². The molecule has 0 aliphatic rings. The zero-order chi connectivity index (χ0) is 18.6. The van der Waals surface area contributed by atoms with Crippen LogP contribution < -0.4 is 0 Å². The van der Waals surface area contributed by atoms with E-state index in [1.807, 2.05) is 36.4 Å². The molecule has 0 bridgehead atoms. The average Bonchev–Trinajstić information content (AvgIpc) is 3.14. The van der Waals surface area contributed by atoms with Crippen LogP contribution in [0.1, 0.15) is 6.92 Å². The fourth-order valence-electron chi connectivity index (χ4n) is 3.09. The molecule has 27 heavy (non-hydrogen) atoms. The van der Waals surface area contributed by atoms with E-state index >= 15 is 0 Å². The monoisotopic (exact) mass is 371 g/mol. The number of aromatic nitrogens is 4. The topological polar surface area (TPSA) is 67.4 Å². The molecule has 0 aliphatic carbocycles. The Kier molecular flexibility index (Phi) is 4.86. The van der Waals surface area contributed by atoms with Crippen LogP contribution in [0.15, 0.2) is 65.8 Å². The van der Waals surface area contributed by atoms with Gasteiger partial charge in [0.25, 0.3) is 0 Å². The molecule has 0 radical (unpaired) electrons. The minimum atomic E-state index is 0.352. The SMILES string of the molecule is CCn1c(SCC#N)nnc1-c1cc(-c2ccccc2)nc2ccccc12. The molecule has 0 spiro atoms. The highest BCUT2D eigenvalue weighted by Crippen LogP contribution is 2.32. The maximum Gasteiger partial charge on any atom is 0.192 e. The summed E-state index contributed by atoms with van der Waals surface area (Å²) in [6, 6.07) is 22.4. The summed E-state index contributed by atoms with van der Waals surface area (Å²) in [4.78, 5) is 4.84. The molecule has 4 rings (SSSR count). The molecular weight excluding hydrogens is 354 g/mol. The van der Waals surface area contributed by atoms with Crippen LogP contribution in [-0.4, -0.2) is 25.5 Å². The number of hydrogen-bond donors (Lipinski definition) is 0. The number of thioether (sulfide) groups is 1. The van der Waals surface area contributed by atoms with Crippen LogP contribution in [0.3, 0.4) is 0 Å². The highest BCUT2D eigenvalue weighted by Gasteiger charge is 2.17. The Hall–Kier alpha value is -3.17. The first-order valence-corrected chi connectivity index (χ1v) is 9.69. The highest BCUT2D eigenvalue weighted by atomic mass is 32.2. The first-order valence-electron chi connectivity index (χ1n) is 8.70. The molecule has 0 N–H and O–H groups in total. The predicted octanol–water partition coefficient (Wildman–Crippen LogP) is 4.80. The third-order valence-corrected chi connectivity index (χ3v) is 5.16. The van der Waals surface area contributed by atoms with Crippen molar-refractivity contribution in [1.29, 1.82) is 5.26 Å². The lowest BCUT2D eigenvalue weighted by molar-refractivity contribution is 0.688. The van der Waals surface area contributed by atoms with E-state index in [0.29, 0.717) is 5.75 Å². The molecule has 0 amide bonds. The second-order valence-electron chi connectivity index (χ2n) is 5.94. The first kappa shape index (κ1) is 17.3. The Morgan fingerprint density at radius 3 is 2.59 bits per heavy atom. The maximum absolute atomic E-state index is 8.88. The second-order valence-corrected chi connectivity index (χ2v) is 6.88. The number of pyridine rings is 1. The molecule has 0 saturated heterocycles. The van der Waals surface area contributed by atoms with Gasteiger partial charge in [-0.3, -0.25) is 0 Å². The normalized spacial score (nSPS) is 10.8. The number of benzene rings is 2. The minimum Gasteiger partial charge on any atom is -0.302 e. The summed E-state index contributed by atoms with van der Waals surface area (Å²) in [5, 5.41) is 19.4. The fraction of sp³-hybridized carbons (Fsp3) is 0.143. The molecule has 0 saturated carbocycles. The van der Waals surface area contributed by atoms with Crippen molar-refractivity contribution in [2.24, 2.45) is 0 Å². The Morgan fingerprint density at radius 2 is 1.81 bits per heavy atom. The quantitative estimate of drug-likeness (QED) is 0.472. The van der Waals surface area contributed by atoms with Crippen LogP contribution in [0.5, 0.6) is 0 Å². The lowest BCUT2D eigenvalue weighted by atomic mass is 10.0. The van der Waals surface area contributed by atoms with Crippen LogP contribution in [0.25, 0.3) is 33.5 Å². The smallest absolute Gasteiger partial charge is 0.192 e. The van der Waals surface area contributed by atoms with E-state index < -0.39 is 0 Å². The number of nitrogens with zero attached hydrogens (tertiary/aromatic N) is 5. The van der Waals surface area contributed by atoms with Gasteiger partial charge in [0.2, 0.25) is 0 Å². The summed E-state index contributed by atoms with van der Waals surface area (Å²) in [5.74, 6) is 1.15. The predicted molar refractivity (Wildman–Crippen MR) is 108 cm³/mol. The Balaban J connectivity index is 1.94. The lowest BCUT2D eigenvalue weighted by Gasteiger charge is -2.11. The van der Waals surface area contributed by atoms with Gasteiger partial charge in [0, 0.05) is 23.1 Å². The molecule has 5 nitrogen and oxygen atoms in total. The van der Waals surface area contributed by atoms with E-state index in [9.17, 15) is 0 Å². The molecule has 0 aliphatic heterocycles. The van der Waals surface area contributed by atoms with Crippen LogP contribution in [0.2, 0.25) is 0 Å². The van der Waals surface area contributed by atoms with Crippen LogP contribution >= 0.6 is 11.8 Å². The van der Waals surface area contributed by atoms with Crippen molar-refractivity contribution in [3.63, 3.8) is 0 Å². The van der Waals surface area contributed by atoms with Crippen molar-refractivity contribution in [3.8, 4) is 28.7 Å². The van der Waals surface area contributed by atoms with Crippen molar-refractivity contribution in [2.45, 2.75) is 18.6 Å². The zero-order valence-electron chi connectivity index (χ0n) is 14.8. The number of para-hydroxylation sites is 1. The molecule has 2 aromatic heterocycles. The Labute approximate surface area is 161 Å². The van der Waals surface area contributed by atoms with Crippen molar-refractivity contribution in [2.75, 3.05) is 5.75 Å². The summed E-state index contributed by atoms with van der Waals surface area (Å²) in [6.07, 6.45) is 0. The van der Waals surface area contributed by atoms with Crippen LogP contribution in [0.4, 0.5) is 0 Å². The van der Waals surface area contributed by atoms with E-state index in [1.54, 1.807) is 0 Å². The number of rotatable bonds is 5. The van der Waals surface area contributed by atoms with Gasteiger partial charge >= 0.3 is 0 Å². The van der Waals surface area contributed by atoms with Crippen LogP contribution in [0, 0.1) is 11.3 Å². The summed E-state index contributed by atoms with van der Waals surface area (Å²) in [5.41, 5.74) is 3.88. The molecule has 0 atom stereocenters. The van der Waals surface area contributed by atoms with E-state index in [1.165, 1.54) is 11.8 Å². The number of nitriles is 1. The number of hydrogen-bond acceptors (Lipinski definition) is 5. The summed E-state index contributed by atoms with van der Waals surface area (Å²) < 4.78 is 2.05. The maximum atomic E-state index is 8.88. The summed E-state index contributed by atoms with van der Waals surface area (Å²) in [6.45, 7) is 2.79. The molecule has 0 unspecified atom stereocenters. The Morgan fingerprint density at radius 1 is 1.04 bits per heavy atom. The van der Waals surface area contributed by atoms with Gasteiger partial charge in [-0.15, -0.1) is 10.2 Å². The van der Waals surface area contributed by atoms with Gasteiger partial charge in [0.15, 0.2) is 11.0 Å². The molecular formula is C21H17N5S. The van der Waals surface area contributed by atoms with E-state index in [4.69, 9.17) is 10.2 Å². The molecule has 2 heterocycles. The van der Waals surface area contributed by atoms with Gasteiger partial charge in [0.05, 0.1) is 23.0 Å². The molecule has 4 aromatic rings. The Bertz CT molecular complexity index is 1130. The molecule has 2 aromatic carbocycles. The van der Waals surface area contributed by atoms with Gasteiger partial charge in [0.1, 0.15) is 0 Å². The zero-order valence-corrected chi connectivity index (χ0v) is 15.6. The third-order valence-electron chi connectivity index (χ3n) is 4.33. The largest absolute Gasteiger partial charge is 0.302 e. The minimum absolute atomic E-state index is 0.352. The molecule has 132 valence electrons. The average molecular weight is 371 g/mol. The third kappa shape index (κ3) is 3.29. The number of fused-ring (bicyclic) bond motifs is 1. The fourth-order valence-corrected chi connectivity index (χ4v) is 3.76. The summed E-state index contributed by atoms with van der Waals surface area (Å²) in [7, 11) is 0. The molecule has 0 fully saturated rings. The van der Waals surface area contributed by atoms with E-state index in [2.05, 4.69) is 52.0 Å². The molecule has 6 heteroatoms.